The molecule has 0 amide bonds. The van der Waals surface area contributed by atoms with Crippen LogP contribution in [0.25, 0.3) is 0 Å². The number of hydrogen-bond acceptors (Lipinski definition) is 2. The summed E-state index contributed by atoms with van der Waals surface area (Å²) in [6, 6.07) is 16.2. The van der Waals surface area contributed by atoms with E-state index in [0.29, 0.717) is 5.75 Å². The Morgan fingerprint density at radius 1 is 1.05 bits per heavy atom. The summed E-state index contributed by atoms with van der Waals surface area (Å²) < 4.78 is 0. The topological polar surface area (TPSA) is 32.3 Å². The standard InChI is InChI=1S/C17H21NO/c1-3-13-6-5-7-15(12-13)18-17(4-2)14-8-10-16(19)11-9-14/h5-12,17-19H,3-4H2,1-2H3. The normalized spacial score (nSPS) is 12.1. The van der Waals surface area contributed by atoms with E-state index in [9.17, 15) is 5.11 Å². The van der Waals surface area contributed by atoms with Crippen LogP contribution in [0.15, 0.2) is 48.5 Å². The highest BCUT2D eigenvalue weighted by atomic mass is 16.3. The van der Waals surface area contributed by atoms with E-state index in [1.807, 2.05) is 12.1 Å². The number of nitrogens with one attached hydrogen (secondary N) is 1. The zero-order valence-corrected chi connectivity index (χ0v) is 11.6. The molecule has 2 heteroatoms. The van der Waals surface area contributed by atoms with Crippen LogP contribution >= 0.6 is 0 Å². The van der Waals surface area contributed by atoms with Gasteiger partial charge in [-0.15, -0.1) is 0 Å². The molecule has 0 saturated heterocycles. The van der Waals surface area contributed by atoms with Gasteiger partial charge in [-0.3, -0.25) is 0 Å². The molecule has 1 unspecified atom stereocenters. The van der Waals surface area contributed by atoms with Gasteiger partial charge in [0.25, 0.3) is 0 Å². The summed E-state index contributed by atoms with van der Waals surface area (Å²) in [5, 5.41) is 12.9. The van der Waals surface area contributed by atoms with Gasteiger partial charge in [-0.2, -0.15) is 0 Å². The Labute approximate surface area is 115 Å². The number of anilines is 1. The molecular weight excluding hydrogens is 234 g/mol. The maximum Gasteiger partial charge on any atom is 0.115 e. The van der Waals surface area contributed by atoms with Crippen LogP contribution in [0.5, 0.6) is 5.75 Å². The number of benzene rings is 2. The molecule has 1 atom stereocenters. The Morgan fingerprint density at radius 3 is 2.42 bits per heavy atom. The second kappa shape index (κ2) is 6.28. The maximum atomic E-state index is 9.35. The predicted molar refractivity (Wildman–Crippen MR) is 80.6 cm³/mol. The molecule has 0 saturated carbocycles. The lowest BCUT2D eigenvalue weighted by molar-refractivity contribution is 0.475. The van der Waals surface area contributed by atoms with Crippen LogP contribution in [-0.2, 0) is 6.42 Å². The van der Waals surface area contributed by atoms with E-state index < -0.39 is 0 Å². The molecule has 19 heavy (non-hydrogen) atoms. The first-order chi connectivity index (χ1) is 9.22. The van der Waals surface area contributed by atoms with Crippen LogP contribution in [0.1, 0.15) is 37.4 Å². The van der Waals surface area contributed by atoms with Gasteiger partial charge >= 0.3 is 0 Å². The average Bonchev–Trinajstić information content (AvgIpc) is 2.46. The van der Waals surface area contributed by atoms with Crippen molar-refractivity contribution in [1.29, 1.82) is 0 Å². The van der Waals surface area contributed by atoms with Gasteiger partial charge in [0.1, 0.15) is 5.75 Å². The first-order valence-electron chi connectivity index (χ1n) is 6.87. The van der Waals surface area contributed by atoms with Crippen molar-refractivity contribution in [3.8, 4) is 5.75 Å². The Hall–Kier alpha value is -1.96. The predicted octanol–water partition coefficient (Wildman–Crippen LogP) is 4.52. The quantitative estimate of drug-likeness (QED) is 0.823. The van der Waals surface area contributed by atoms with Crippen LogP contribution in [0.3, 0.4) is 0 Å². The summed E-state index contributed by atoms with van der Waals surface area (Å²) >= 11 is 0. The van der Waals surface area contributed by atoms with Crippen LogP contribution in [0.4, 0.5) is 5.69 Å². The minimum atomic E-state index is 0.271. The number of hydrogen-bond donors (Lipinski definition) is 2. The molecule has 0 fully saturated rings. The van der Waals surface area contributed by atoms with Gasteiger partial charge in [0.15, 0.2) is 0 Å². The summed E-state index contributed by atoms with van der Waals surface area (Å²) in [5.74, 6) is 0.312. The van der Waals surface area contributed by atoms with Crippen LogP contribution < -0.4 is 5.32 Å². The highest BCUT2D eigenvalue weighted by Crippen LogP contribution is 2.24. The number of phenolic OH excluding ortho intramolecular Hbond substituents is 1. The summed E-state index contributed by atoms with van der Waals surface area (Å²) in [6.07, 6.45) is 2.05. The summed E-state index contributed by atoms with van der Waals surface area (Å²) in [4.78, 5) is 0. The van der Waals surface area contributed by atoms with Crippen molar-refractivity contribution < 1.29 is 5.11 Å². The fourth-order valence-electron chi connectivity index (χ4n) is 2.21. The largest absolute Gasteiger partial charge is 0.508 e. The van der Waals surface area contributed by atoms with Gasteiger partial charge in [-0.1, -0.05) is 38.1 Å². The zero-order valence-electron chi connectivity index (χ0n) is 11.6. The molecule has 100 valence electrons. The number of aromatic hydroxyl groups is 1. The summed E-state index contributed by atoms with van der Waals surface area (Å²) in [5.41, 5.74) is 3.69. The Kier molecular flexibility index (Phi) is 4.45. The van der Waals surface area contributed by atoms with Gasteiger partial charge in [0.05, 0.1) is 6.04 Å². The van der Waals surface area contributed by atoms with E-state index in [4.69, 9.17) is 0 Å². The molecule has 0 aliphatic heterocycles. The molecule has 0 aliphatic rings. The maximum absolute atomic E-state index is 9.35. The fraction of sp³-hybridized carbons (Fsp3) is 0.294. The molecular formula is C17H21NO. The summed E-state index contributed by atoms with van der Waals surface area (Å²) in [7, 11) is 0. The van der Waals surface area contributed by atoms with Crippen molar-refractivity contribution in [3.63, 3.8) is 0 Å². The van der Waals surface area contributed by atoms with Crippen molar-refractivity contribution in [1.82, 2.24) is 0 Å². The van der Waals surface area contributed by atoms with Gasteiger partial charge < -0.3 is 10.4 Å². The fourth-order valence-corrected chi connectivity index (χ4v) is 2.21. The molecule has 2 rings (SSSR count). The first kappa shape index (κ1) is 13.5. The zero-order chi connectivity index (χ0) is 13.7. The molecule has 0 radical (unpaired) electrons. The third kappa shape index (κ3) is 3.50. The first-order valence-corrected chi connectivity index (χ1v) is 6.87. The minimum absolute atomic E-state index is 0.271. The molecule has 2 aromatic carbocycles. The smallest absolute Gasteiger partial charge is 0.115 e. The highest BCUT2D eigenvalue weighted by molar-refractivity contribution is 5.48. The molecule has 0 bridgehead atoms. The van der Waals surface area contributed by atoms with E-state index in [0.717, 1.165) is 18.5 Å². The molecule has 2 N–H and O–H groups in total. The summed E-state index contributed by atoms with van der Waals surface area (Å²) in [6.45, 7) is 4.32. The molecule has 2 aromatic rings. The lowest BCUT2D eigenvalue weighted by Crippen LogP contribution is -2.09. The molecule has 0 aromatic heterocycles. The lowest BCUT2D eigenvalue weighted by Gasteiger charge is -2.19. The number of phenols is 1. The molecule has 0 spiro atoms. The van der Waals surface area contributed by atoms with Gasteiger partial charge in [-0.05, 0) is 48.2 Å². The highest BCUT2D eigenvalue weighted by Gasteiger charge is 2.09. The Morgan fingerprint density at radius 2 is 1.79 bits per heavy atom. The van der Waals surface area contributed by atoms with E-state index in [-0.39, 0.29) is 6.04 Å². The van der Waals surface area contributed by atoms with Crippen LogP contribution in [-0.4, -0.2) is 5.11 Å². The minimum Gasteiger partial charge on any atom is -0.508 e. The van der Waals surface area contributed by atoms with Crippen LogP contribution in [0.2, 0.25) is 0 Å². The van der Waals surface area contributed by atoms with Crippen molar-refractivity contribution in [3.05, 3.63) is 59.7 Å². The van der Waals surface area contributed by atoms with Crippen molar-refractivity contribution >= 4 is 5.69 Å². The number of aryl methyl sites for hydroxylation is 1. The van der Waals surface area contributed by atoms with Crippen molar-refractivity contribution in [2.24, 2.45) is 0 Å². The second-order valence-electron chi connectivity index (χ2n) is 4.75. The van der Waals surface area contributed by atoms with E-state index in [1.54, 1.807) is 12.1 Å². The van der Waals surface area contributed by atoms with E-state index in [1.165, 1.54) is 11.1 Å². The molecule has 0 heterocycles. The third-order valence-electron chi connectivity index (χ3n) is 3.38. The Balaban J connectivity index is 2.16. The van der Waals surface area contributed by atoms with Crippen LogP contribution in [0, 0.1) is 0 Å². The second-order valence-corrected chi connectivity index (χ2v) is 4.75. The van der Waals surface area contributed by atoms with Crippen molar-refractivity contribution in [2.45, 2.75) is 32.7 Å². The van der Waals surface area contributed by atoms with E-state index >= 15 is 0 Å². The SMILES string of the molecule is CCc1cccc(NC(CC)c2ccc(O)cc2)c1. The van der Waals surface area contributed by atoms with E-state index in [2.05, 4.69) is 43.4 Å². The number of rotatable bonds is 5. The monoisotopic (exact) mass is 255 g/mol. The molecule has 0 aliphatic carbocycles. The molecule has 2 nitrogen and oxygen atoms in total. The Bertz CT molecular complexity index is 519. The third-order valence-corrected chi connectivity index (χ3v) is 3.38. The van der Waals surface area contributed by atoms with Gasteiger partial charge in [-0.25, -0.2) is 0 Å². The lowest BCUT2D eigenvalue weighted by atomic mass is 10.0. The van der Waals surface area contributed by atoms with Gasteiger partial charge in [0.2, 0.25) is 0 Å². The average molecular weight is 255 g/mol. The van der Waals surface area contributed by atoms with Crippen molar-refractivity contribution in [2.75, 3.05) is 5.32 Å². The van der Waals surface area contributed by atoms with Gasteiger partial charge in [0, 0.05) is 5.69 Å².